The maximum Gasteiger partial charge on any atom is 0.407 e. The van der Waals surface area contributed by atoms with Crippen LogP contribution in [0.1, 0.15) is 50.2 Å². The van der Waals surface area contributed by atoms with Crippen LogP contribution in [0.3, 0.4) is 0 Å². The van der Waals surface area contributed by atoms with Gasteiger partial charge in [0.15, 0.2) is 0 Å². The number of hydrogen-bond acceptors (Lipinski definition) is 4. The number of nitrogens with zero attached hydrogens (tertiary/aromatic N) is 1. The molecule has 0 aromatic heterocycles. The number of carbonyl (C=O) groups is 3. The molecule has 35 heavy (non-hydrogen) atoms. The molecule has 0 unspecified atom stereocenters. The summed E-state index contributed by atoms with van der Waals surface area (Å²) in [5.74, 6) is -0.714. The van der Waals surface area contributed by atoms with E-state index in [4.69, 9.17) is 4.74 Å². The van der Waals surface area contributed by atoms with E-state index in [1.54, 1.807) is 0 Å². The fraction of sp³-hybridized carbons (Fsp3) is 0.464. The minimum atomic E-state index is -1.00. The predicted octanol–water partition coefficient (Wildman–Crippen LogP) is 4.26. The van der Waals surface area contributed by atoms with Crippen LogP contribution in [0.2, 0.25) is 0 Å². The number of benzene rings is 2. The molecule has 2 fully saturated rings. The minimum Gasteiger partial charge on any atom is -0.480 e. The van der Waals surface area contributed by atoms with Gasteiger partial charge in [0.25, 0.3) is 0 Å². The Morgan fingerprint density at radius 2 is 1.69 bits per heavy atom. The molecule has 2 amide bonds. The Hall–Kier alpha value is -3.35. The van der Waals surface area contributed by atoms with Crippen molar-refractivity contribution in [1.29, 1.82) is 0 Å². The molecule has 3 aliphatic carbocycles. The van der Waals surface area contributed by atoms with E-state index in [1.807, 2.05) is 38.1 Å². The number of fused-ring (bicyclic) bond motifs is 4. The Morgan fingerprint density at radius 1 is 1.06 bits per heavy atom. The van der Waals surface area contributed by atoms with Crippen molar-refractivity contribution in [2.45, 2.75) is 45.1 Å². The molecule has 0 aliphatic heterocycles. The summed E-state index contributed by atoms with van der Waals surface area (Å²) in [4.78, 5) is 38.7. The quantitative estimate of drug-likeness (QED) is 0.593. The van der Waals surface area contributed by atoms with Gasteiger partial charge >= 0.3 is 12.1 Å². The average Bonchev–Trinajstić information content (AvgIpc) is 3.24. The number of carbonyl (C=O) groups excluding carboxylic acids is 2. The van der Waals surface area contributed by atoms with Crippen molar-refractivity contribution in [2.75, 3.05) is 19.7 Å². The summed E-state index contributed by atoms with van der Waals surface area (Å²) in [6.45, 7) is 4.33. The predicted molar refractivity (Wildman–Crippen MR) is 131 cm³/mol. The molecule has 0 heterocycles. The number of carboxylic acids is 1. The Balaban J connectivity index is 1.19. The fourth-order valence-corrected chi connectivity index (χ4v) is 6.21. The van der Waals surface area contributed by atoms with Gasteiger partial charge in [-0.3, -0.25) is 9.59 Å². The molecule has 2 saturated carbocycles. The SMILES string of the molecule is CC(C)CN(CC(=O)O)C(=O)[C@]12C[C@H](NC(=O)OCC3c4ccccc4-c4ccccc43)C[C@H]1C2. The molecule has 184 valence electrons. The lowest BCUT2D eigenvalue weighted by molar-refractivity contribution is -0.147. The lowest BCUT2D eigenvalue weighted by Gasteiger charge is -2.27. The molecule has 0 radical (unpaired) electrons. The lowest BCUT2D eigenvalue weighted by Crippen LogP contribution is -2.44. The topological polar surface area (TPSA) is 95.9 Å². The Labute approximate surface area is 205 Å². The first-order chi connectivity index (χ1) is 16.8. The zero-order valence-corrected chi connectivity index (χ0v) is 20.2. The van der Waals surface area contributed by atoms with Crippen LogP contribution in [-0.2, 0) is 14.3 Å². The van der Waals surface area contributed by atoms with Gasteiger partial charge in [-0.2, -0.15) is 0 Å². The highest BCUT2D eigenvalue weighted by atomic mass is 16.5. The first-order valence-electron chi connectivity index (χ1n) is 12.4. The molecule has 7 heteroatoms. The van der Waals surface area contributed by atoms with Crippen LogP contribution in [-0.4, -0.2) is 53.7 Å². The normalized spacial score (nSPS) is 23.9. The van der Waals surface area contributed by atoms with Crippen LogP contribution in [0.15, 0.2) is 48.5 Å². The summed E-state index contributed by atoms with van der Waals surface area (Å²) in [5, 5.41) is 12.2. The number of hydrogen-bond donors (Lipinski definition) is 2. The third kappa shape index (κ3) is 4.40. The average molecular weight is 477 g/mol. The summed E-state index contributed by atoms with van der Waals surface area (Å²) in [6, 6.07) is 16.3. The Bertz CT molecular complexity index is 1120. The molecule has 2 aromatic carbocycles. The molecule has 0 spiro atoms. The van der Waals surface area contributed by atoms with Gasteiger partial charge in [0, 0.05) is 18.5 Å². The Morgan fingerprint density at radius 3 is 2.29 bits per heavy atom. The van der Waals surface area contributed by atoms with Crippen molar-refractivity contribution in [3.63, 3.8) is 0 Å². The van der Waals surface area contributed by atoms with E-state index < -0.39 is 17.5 Å². The number of aliphatic carboxylic acids is 1. The van der Waals surface area contributed by atoms with Crippen molar-refractivity contribution >= 4 is 18.0 Å². The number of ether oxygens (including phenoxy) is 1. The smallest absolute Gasteiger partial charge is 0.407 e. The molecule has 3 aliphatic rings. The van der Waals surface area contributed by atoms with Gasteiger partial charge in [-0.25, -0.2) is 4.79 Å². The number of rotatable bonds is 8. The standard InChI is InChI=1S/C28H32N2O5/c1-17(2)14-30(15-25(31)32)26(33)28-12-18(28)11-19(13-28)29-27(34)35-16-24-22-9-5-3-7-20(22)21-8-4-6-10-23(21)24/h3-10,17-19,24H,11-16H2,1-2H3,(H,29,34)(H,31,32)/t18-,19+,28+/m0/s1. The molecular formula is C28H32N2O5. The molecule has 7 nitrogen and oxygen atoms in total. The number of nitrogens with one attached hydrogen (secondary N) is 1. The van der Waals surface area contributed by atoms with E-state index in [0.717, 1.165) is 24.0 Å². The zero-order chi connectivity index (χ0) is 24.7. The van der Waals surface area contributed by atoms with E-state index in [0.29, 0.717) is 13.0 Å². The summed E-state index contributed by atoms with van der Waals surface area (Å²) in [7, 11) is 0. The van der Waals surface area contributed by atoms with E-state index in [1.165, 1.54) is 16.0 Å². The molecule has 2 N–H and O–H groups in total. The molecule has 3 atom stereocenters. The zero-order valence-electron chi connectivity index (χ0n) is 20.2. The maximum atomic E-state index is 13.3. The van der Waals surface area contributed by atoms with Gasteiger partial charge in [-0.05, 0) is 53.4 Å². The van der Waals surface area contributed by atoms with Gasteiger partial charge in [-0.1, -0.05) is 62.4 Å². The van der Waals surface area contributed by atoms with Crippen molar-refractivity contribution < 1.29 is 24.2 Å². The fourth-order valence-electron chi connectivity index (χ4n) is 6.21. The summed E-state index contributed by atoms with van der Waals surface area (Å²) in [6.07, 6.45) is 1.56. The van der Waals surface area contributed by atoms with Crippen LogP contribution in [0.5, 0.6) is 0 Å². The van der Waals surface area contributed by atoms with Crippen LogP contribution in [0.4, 0.5) is 4.79 Å². The van der Waals surface area contributed by atoms with E-state index in [9.17, 15) is 19.5 Å². The van der Waals surface area contributed by atoms with Gasteiger partial charge in [0.1, 0.15) is 13.2 Å². The van der Waals surface area contributed by atoms with Crippen LogP contribution >= 0.6 is 0 Å². The van der Waals surface area contributed by atoms with Gasteiger partial charge in [0.05, 0.1) is 5.41 Å². The third-order valence-electron chi connectivity index (χ3n) is 7.70. The molecule has 5 rings (SSSR count). The maximum absolute atomic E-state index is 13.3. The lowest BCUT2D eigenvalue weighted by atomic mass is 9.98. The van der Waals surface area contributed by atoms with Crippen LogP contribution in [0, 0.1) is 17.3 Å². The van der Waals surface area contributed by atoms with Crippen LogP contribution < -0.4 is 5.32 Å². The summed E-state index contributed by atoms with van der Waals surface area (Å²) in [5.41, 5.74) is 4.15. The van der Waals surface area contributed by atoms with Crippen molar-refractivity contribution in [2.24, 2.45) is 17.3 Å². The number of alkyl carbamates (subject to hydrolysis) is 1. The van der Waals surface area contributed by atoms with Crippen LogP contribution in [0.25, 0.3) is 11.1 Å². The highest BCUT2D eigenvalue weighted by Crippen LogP contribution is 2.64. The first-order valence-corrected chi connectivity index (χ1v) is 12.4. The molecule has 0 saturated heterocycles. The first kappa shape index (κ1) is 23.4. The van der Waals surface area contributed by atoms with Gasteiger partial charge < -0.3 is 20.1 Å². The number of carboxylic acid groups (broad SMARTS) is 1. The minimum absolute atomic E-state index is 0.00124. The van der Waals surface area contributed by atoms with Crippen molar-refractivity contribution in [3.05, 3.63) is 59.7 Å². The van der Waals surface area contributed by atoms with Gasteiger partial charge in [-0.15, -0.1) is 0 Å². The van der Waals surface area contributed by atoms with Crippen molar-refractivity contribution in [1.82, 2.24) is 10.2 Å². The summed E-state index contributed by atoms with van der Waals surface area (Å²) >= 11 is 0. The molecule has 0 bridgehead atoms. The summed E-state index contributed by atoms with van der Waals surface area (Å²) < 4.78 is 5.67. The van der Waals surface area contributed by atoms with E-state index in [2.05, 4.69) is 29.6 Å². The second-order valence-corrected chi connectivity index (χ2v) is 10.6. The Kier molecular flexibility index (Phi) is 6.03. The number of amides is 2. The van der Waals surface area contributed by atoms with E-state index in [-0.39, 0.29) is 42.9 Å². The monoisotopic (exact) mass is 476 g/mol. The van der Waals surface area contributed by atoms with E-state index >= 15 is 0 Å². The van der Waals surface area contributed by atoms with Crippen molar-refractivity contribution in [3.8, 4) is 11.1 Å². The highest BCUT2D eigenvalue weighted by molar-refractivity contribution is 5.89. The molecular weight excluding hydrogens is 444 g/mol. The highest BCUT2D eigenvalue weighted by Gasteiger charge is 2.66. The molecule has 2 aromatic rings. The largest absolute Gasteiger partial charge is 0.480 e. The third-order valence-corrected chi connectivity index (χ3v) is 7.70. The second kappa shape index (κ2) is 9.02. The second-order valence-electron chi connectivity index (χ2n) is 10.6. The van der Waals surface area contributed by atoms with Gasteiger partial charge in [0.2, 0.25) is 5.91 Å².